The summed E-state index contributed by atoms with van der Waals surface area (Å²) < 4.78 is 6.72. The van der Waals surface area contributed by atoms with Crippen molar-refractivity contribution < 1.29 is 4.74 Å². The van der Waals surface area contributed by atoms with Crippen LogP contribution in [0.25, 0.3) is 0 Å². The molecule has 0 amide bonds. The van der Waals surface area contributed by atoms with Gasteiger partial charge in [-0.25, -0.2) is 4.31 Å². The van der Waals surface area contributed by atoms with Gasteiger partial charge in [-0.2, -0.15) is 0 Å². The van der Waals surface area contributed by atoms with E-state index in [0.717, 1.165) is 35.4 Å². The molecule has 2 aliphatic rings. The van der Waals surface area contributed by atoms with E-state index in [-0.39, 0.29) is 0 Å². The first-order valence-electron chi connectivity index (χ1n) is 9.15. The molecule has 7 heteroatoms. The Morgan fingerprint density at radius 1 is 1.27 bits per heavy atom. The van der Waals surface area contributed by atoms with Gasteiger partial charge in [-0.3, -0.25) is 0 Å². The molecule has 0 unspecified atom stereocenters. The maximum atomic E-state index is 10.8. The van der Waals surface area contributed by atoms with Gasteiger partial charge in [0, 0.05) is 43.6 Å². The summed E-state index contributed by atoms with van der Waals surface area (Å²) in [6.45, 7) is 7.02. The van der Waals surface area contributed by atoms with Crippen molar-refractivity contribution in [3.05, 3.63) is 17.0 Å². The summed E-state index contributed by atoms with van der Waals surface area (Å²) in [6.07, 6.45) is 6.40. The highest BCUT2D eigenvalue weighted by atomic mass is 32.2. The van der Waals surface area contributed by atoms with Gasteiger partial charge in [0.1, 0.15) is 5.69 Å². The molecular weight excluding hydrogens is 366 g/mol. The van der Waals surface area contributed by atoms with Gasteiger partial charge >= 0.3 is 0 Å². The van der Waals surface area contributed by atoms with Gasteiger partial charge in [-0.05, 0) is 55.4 Å². The third kappa shape index (κ3) is 7.86. The van der Waals surface area contributed by atoms with E-state index < -0.39 is 0 Å². The highest BCUT2D eigenvalue weighted by Gasteiger charge is 2.19. The van der Waals surface area contributed by atoms with Crippen LogP contribution in [0.3, 0.4) is 0 Å². The zero-order valence-corrected chi connectivity index (χ0v) is 18.6. The van der Waals surface area contributed by atoms with Gasteiger partial charge in [0.25, 0.3) is 0 Å². The van der Waals surface area contributed by atoms with Gasteiger partial charge < -0.3 is 9.64 Å². The molecule has 0 aromatic heterocycles. The normalized spacial score (nSPS) is 16.5. The molecule has 1 aromatic rings. The number of methoxy groups -OCH3 is 1. The molecule has 1 aliphatic heterocycles. The summed E-state index contributed by atoms with van der Waals surface area (Å²) in [4.78, 5) is 15.1. The first kappa shape index (κ1) is 23.3. The second-order valence-corrected chi connectivity index (χ2v) is 8.47. The summed E-state index contributed by atoms with van der Waals surface area (Å²) in [5.74, 6) is 1.13. The van der Waals surface area contributed by atoms with Crippen LogP contribution in [0.15, 0.2) is 27.1 Å². The largest absolute Gasteiger partial charge is 0.385 e. The van der Waals surface area contributed by atoms with E-state index in [9.17, 15) is 4.91 Å². The molecule has 1 aliphatic carbocycles. The Labute approximate surface area is 167 Å². The molecule has 0 N–H and O–H groups in total. The molecular formula is C19H33N3O2S2. The van der Waals surface area contributed by atoms with Crippen LogP contribution >= 0.6 is 23.7 Å². The number of hydrogen-bond acceptors (Lipinski definition) is 7. The van der Waals surface area contributed by atoms with E-state index >= 15 is 0 Å². The quantitative estimate of drug-likeness (QED) is 0.370. The van der Waals surface area contributed by atoms with Gasteiger partial charge in [0.05, 0.1) is 5.69 Å². The van der Waals surface area contributed by atoms with Crippen molar-refractivity contribution in [1.82, 2.24) is 4.31 Å². The van der Waals surface area contributed by atoms with Crippen molar-refractivity contribution in [2.45, 2.75) is 42.9 Å². The van der Waals surface area contributed by atoms with Crippen molar-refractivity contribution in [2.75, 3.05) is 52.1 Å². The van der Waals surface area contributed by atoms with Crippen LogP contribution in [0.4, 0.5) is 11.4 Å². The zero-order chi connectivity index (χ0) is 19.5. The van der Waals surface area contributed by atoms with E-state index in [1.54, 1.807) is 30.8 Å². The molecule has 5 nitrogen and oxygen atoms in total. The first-order valence-corrected chi connectivity index (χ1v) is 11.1. The fourth-order valence-corrected chi connectivity index (χ4v) is 3.81. The first-order chi connectivity index (χ1) is 12.5. The molecule has 1 fully saturated rings. The SMILES string of the molecule is CCC1CC1.CCOC.CSc1cc2c(cc1N=O)SN(C)CCN2C. The Kier molecular flexibility index (Phi) is 11.3. The molecule has 1 saturated carbocycles. The highest BCUT2D eigenvalue weighted by molar-refractivity contribution is 7.98. The van der Waals surface area contributed by atoms with Crippen molar-refractivity contribution >= 4 is 35.1 Å². The topological polar surface area (TPSA) is 45.1 Å². The molecule has 1 aromatic carbocycles. The van der Waals surface area contributed by atoms with Crippen LogP contribution in [-0.2, 0) is 4.74 Å². The fraction of sp³-hybridized carbons (Fsp3) is 0.684. The summed E-state index contributed by atoms with van der Waals surface area (Å²) >= 11 is 3.23. The molecule has 1 heterocycles. The minimum atomic E-state index is 0.535. The smallest absolute Gasteiger partial charge is 0.122 e. The standard InChI is InChI=1S/C11H15N3OS2.C5H10.C3H8O/c1-13-4-5-14(2)17-11-6-8(12-15)10(16-3)7-9(11)13;1-2-5-3-4-5;1-3-4-2/h6-7H,4-5H2,1-3H3;5H,2-4H2,1H3;3H2,1-2H3. The number of ether oxygens (including phenoxy) is 1. The van der Waals surface area contributed by atoms with E-state index in [0.29, 0.717) is 5.69 Å². The lowest BCUT2D eigenvalue weighted by Gasteiger charge is -2.19. The second kappa shape index (κ2) is 12.6. The second-order valence-electron chi connectivity index (χ2n) is 6.38. The van der Waals surface area contributed by atoms with E-state index in [4.69, 9.17) is 0 Å². The Morgan fingerprint density at radius 2 is 1.92 bits per heavy atom. The zero-order valence-electron chi connectivity index (χ0n) is 16.9. The minimum absolute atomic E-state index is 0.535. The number of rotatable bonds is 4. The number of fused-ring (bicyclic) bond motifs is 1. The number of hydrogen-bond donors (Lipinski definition) is 0. The minimum Gasteiger partial charge on any atom is -0.385 e. The number of thioether (sulfide) groups is 1. The summed E-state index contributed by atoms with van der Waals surface area (Å²) in [5.41, 5.74) is 1.71. The maximum Gasteiger partial charge on any atom is 0.122 e. The van der Waals surface area contributed by atoms with E-state index in [2.05, 4.69) is 46.2 Å². The molecule has 0 atom stereocenters. The number of likely N-dealkylation sites (N-methyl/N-ethyl adjacent to an activating group) is 2. The third-order valence-corrected chi connectivity index (χ3v) is 6.12. The van der Waals surface area contributed by atoms with Crippen LogP contribution in [0.5, 0.6) is 0 Å². The van der Waals surface area contributed by atoms with Gasteiger partial charge in [-0.1, -0.05) is 26.2 Å². The molecule has 26 heavy (non-hydrogen) atoms. The predicted octanol–water partition coefficient (Wildman–Crippen LogP) is 5.65. The van der Waals surface area contributed by atoms with Crippen LogP contribution in [0.2, 0.25) is 0 Å². The Bertz CT molecular complexity index is 552. The Balaban J connectivity index is 0.000000309. The lowest BCUT2D eigenvalue weighted by Crippen LogP contribution is -2.24. The molecule has 148 valence electrons. The summed E-state index contributed by atoms with van der Waals surface area (Å²) in [7, 11) is 5.82. The number of nitroso groups, excluding NO2 is 1. The summed E-state index contributed by atoms with van der Waals surface area (Å²) in [5, 5.41) is 3.11. The lowest BCUT2D eigenvalue weighted by atomic mass is 10.2. The number of nitrogens with zero attached hydrogens (tertiary/aromatic N) is 3. The van der Waals surface area contributed by atoms with Gasteiger partial charge in [-0.15, -0.1) is 16.7 Å². The maximum absolute atomic E-state index is 10.8. The van der Waals surface area contributed by atoms with E-state index in [1.807, 2.05) is 19.2 Å². The molecule has 3 rings (SSSR count). The fourth-order valence-electron chi connectivity index (χ4n) is 2.30. The van der Waals surface area contributed by atoms with Crippen molar-refractivity contribution in [2.24, 2.45) is 11.1 Å². The Hall–Kier alpha value is -0.760. The predicted molar refractivity (Wildman–Crippen MR) is 116 cm³/mol. The highest BCUT2D eigenvalue weighted by Crippen LogP contribution is 2.41. The van der Waals surface area contributed by atoms with Crippen molar-refractivity contribution in [3.8, 4) is 0 Å². The lowest BCUT2D eigenvalue weighted by molar-refractivity contribution is 0.215. The number of anilines is 1. The average molecular weight is 400 g/mol. The third-order valence-electron chi connectivity index (χ3n) is 4.34. The molecule has 0 spiro atoms. The Morgan fingerprint density at radius 3 is 2.35 bits per heavy atom. The molecule has 0 bridgehead atoms. The van der Waals surface area contributed by atoms with Crippen LogP contribution in [0, 0.1) is 10.8 Å². The molecule has 0 radical (unpaired) electrons. The van der Waals surface area contributed by atoms with Crippen molar-refractivity contribution in [3.63, 3.8) is 0 Å². The van der Waals surface area contributed by atoms with Gasteiger partial charge in [0.2, 0.25) is 0 Å². The summed E-state index contributed by atoms with van der Waals surface area (Å²) in [6, 6.07) is 3.94. The van der Waals surface area contributed by atoms with E-state index in [1.165, 1.54) is 24.9 Å². The van der Waals surface area contributed by atoms with Crippen LogP contribution < -0.4 is 4.90 Å². The monoisotopic (exact) mass is 399 g/mol. The van der Waals surface area contributed by atoms with Crippen molar-refractivity contribution in [1.29, 1.82) is 0 Å². The molecule has 0 saturated heterocycles. The average Bonchev–Trinajstić information content (AvgIpc) is 3.51. The van der Waals surface area contributed by atoms with Crippen LogP contribution in [0.1, 0.15) is 33.1 Å². The van der Waals surface area contributed by atoms with Crippen LogP contribution in [-0.4, -0.2) is 51.5 Å². The van der Waals surface area contributed by atoms with Gasteiger partial charge in [0.15, 0.2) is 0 Å². The number of benzene rings is 1.